The van der Waals surface area contributed by atoms with Crippen LogP contribution in [0.25, 0.3) is 0 Å². The molecule has 1 aromatic heterocycles. The molecule has 0 saturated heterocycles. The lowest BCUT2D eigenvalue weighted by Crippen LogP contribution is -2.12. The van der Waals surface area contributed by atoms with Crippen LogP contribution in [-0.2, 0) is 0 Å². The van der Waals surface area contributed by atoms with E-state index >= 15 is 0 Å². The number of carbonyl (C=O) groups is 1. The number of halogens is 1. The van der Waals surface area contributed by atoms with Gasteiger partial charge in [0.15, 0.2) is 0 Å². The van der Waals surface area contributed by atoms with Crippen LogP contribution in [0.5, 0.6) is 0 Å². The fourth-order valence-corrected chi connectivity index (χ4v) is 1.78. The minimum Gasteiger partial charge on any atom is -0.321 e. The van der Waals surface area contributed by atoms with E-state index < -0.39 is 0 Å². The van der Waals surface area contributed by atoms with E-state index in [1.54, 1.807) is 24.3 Å². The Bertz CT molecular complexity index is 622. The van der Waals surface area contributed by atoms with E-state index in [9.17, 15) is 4.79 Å². The van der Waals surface area contributed by atoms with E-state index in [-0.39, 0.29) is 5.91 Å². The van der Waals surface area contributed by atoms with Gasteiger partial charge in [0.25, 0.3) is 5.91 Å². The highest BCUT2D eigenvalue weighted by molar-refractivity contribution is 9.10. The fraction of sp³-hybridized carbons (Fsp3) is 0. The van der Waals surface area contributed by atoms with E-state index in [1.807, 2.05) is 6.07 Å². The van der Waals surface area contributed by atoms with Crippen molar-refractivity contribution in [1.82, 2.24) is 10.2 Å². The maximum absolute atomic E-state index is 11.9. The molecule has 1 aromatic carbocycles. The average Bonchev–Trinajstić information content (AvgIpc) is 2.42. The van der Waals surface area contributed by atoms with Gasteiger partial charge in [-0.1, -0.05) is 0 Å². The van der Waals surface area contributed by atoms with E-state index in [4.69, 9.17) is 5.26 Å². The van der Waals surface area contributed by atoms with Crippen molar-refractivity contribution in [3.05, 3.63) is 52.3 Å². The van der Waals surface area contributed by atoms with Crippen LogP contribution >= 0.6 is 15.9 Å². The molecule has 0 aliphatic carbocycles. The van der Waals surface area contributed by atoms with Gasteiger partial charge in [-0.05, 0) is 40.2 Å². The predicted octanol–water partition coefficient (Wildman–Crippen LogP) is 2.36. The number of rotatable bonds is 2. The van der Waals surface area contributed by atoms with Crippen molar-refractivity contribution in [1.29, 1.82) is 5.26 Å². The summed E-state index contributed by atoms with van der Waals surface area (Å²) in [6.07, 6.45) is 2.83. The molecule has 1 N–H and O–H groups in total. The summed E-state index contributed by atoms with van der Waals surface area (Å²) < 4.78 is 0.650. The number of amides is 1. The van der Waals surface area contributed by atoms with Crippen molar-refractivity contribution in [3.8, 4) is 6.07 Å². The Kier molecular flexibility index (Phi) is 3.65. The molecule has 88 valence electrons. The van der Waals surface area contributed by atoms with Gasteiger partial charge < -0.3 is 5.32 Å². The number of anilines is 1. The Morgan fingerprint density at radius 3 is 2.78 bits per heavy atom. The standard InChI is InChI=1S/C12H7BrN4O/c13-10-5-8(6-14)1-2-11(10)17-12(18)9-3-4-15-16-7-9/h1-5,7H,(H,17,18). The second-order valence-corrected chi connectivity index (χ2v) is 4.25. The molecular weight excluding hydrogens is 296 g/mol. The van der Waals surface area contributed by atoms with Crippen LogP contribution in [0.4, 0.5) is 5.69 Å². The number of nitrogens with zero attached hydrogens (tertiary/aromatic N) is 3. The molecule has 2 aromatic rings. The summed E-state index contributed by atoms with van der Waals surface area (Å²) in [5, 5.41) is 18.7. The van der Waals surface area contributed by atoms with Crippen molar-refractivity contribution in [2.75, 3.05) is 5.32 Å². The van der Waals surface area contributed by atoms with Crippen molar-refractivity contribution < 1.29 is 4.79 Å². The fourth-order valence-electron chi connectivity index (χ4n) is 1.31. The Morgan fingerprint density at radius 1 is 1.33 bits per heavy atom. The van der Waals surface area contributed by atoms with Crippen LogP contribution in [0.1, 0.15) is 15.9 Å². The minimum atomic E-state index is -0.282. The smallest absolute Gasteiger partial charge is 0.257 e. The molecule has 6 heteroatoms. The van der Waals surface area contributed by atoms with Crippen LogP contribution in [-0.4, -0.2) is 16.1 Å². The number of carbonyl (C=O) groups excluding carboxylic acids is 1. The lowest BCUT2D eigenvalue weighted by molar-refractivity contribution is 0.102. The Balaban J connectivity index is 2.20. The molecule has 1 amide bonds. The van der Waals surface area contributed by atoms with Crippen LogP contribution in [0, 0.1) is 11.3 Å². The molecule has 0 radical (unpaired) electrons. The Hall–Kier alpha value is -2.26. The van der Waals surface area contributed by atoms with Gasteiger partial charge in [-0.15, -0.1) is 0 Å². The Labute approximate surface area is 112 Å². The zero-order valence-corrected chi connectivity index (χ0v) is 10.7. The summed E-state index contributed by atoms with van der Waals surface area (Å²) in [5.74, 6) is -0.282. The molecule has 2 rings (SSSR count). The molecule has 0 unspecified atom stereocenters. The molecule has 0 spiro atoms. The maximum Gasteiger partial charge on any atom is 0.257 e. The van der Waals surface area contributed by atoms with Crippen molar-refractivity contribution in [3.63, 3.8) is 0 Å². The first kappa shape index (κ1) is 12.2. The number of nitriles is 1. The summed E-state index contributed by atoms with van der Waals surface area (Å²) in [6, 6.07) is 8.52. The molecule has 5 nitrogen and oxygen atoms in total. The van der Waals surface area contributed by atoms with Gasteiger partial charge in [-0.25, -0.2) is 0 Å². The van der Waals surface area contributed by atoms with Gasteiger partial charge in [0.05, 0.1) is 35.3 Å². The molecular formula is C12H7BrN4O. The summed E-state index contributed by atoms with van der Waals surface area (Å²) >= 11 is 3.30. The number of aromatic nitrogens is 2. The molecule has 18 heavy (non-hydrogen) atoms. The van der Waals surface area contributed by atoms with Crippen molar-refractivity contribution in [2.24, 2.45) is 0 Å². The zero-order chi connectivity index (χ0) is 13.0. The first-order valence-electron chi connectivity index (χ1n) is 4.98. The van der Waals surface area contributed by atoms with Gasteiger partial charge in [0.1, 0.15) is 0 Å². The second kappa shape index (κ2) is 5.38. The van der Waals surface area contributed by atoms with E-state index in [0.717, 1.165) is 0 Å². The lowest BCUT2D eigenvalue weighted by Gasteiger charge is -2.07. The third kappa shape index (κ3) is 2.70. The van der Waals surface area contributed by atoms with Gasteiger partial charge in [-0.2, -0.15) is 15.5 Å². The molecule has 0 bridgehead atoms. The highest BCUT2D eigenvalue weighted by atomic mass is 79.9. The third-order valence-electron chi connectivity index (χ3n) is 2.19. The highest BCUT2D eigenvalue weighted by Gasteiger charge is 2.08. The van der Waals surface area contributed by atoms with Gasteiger partial charge in [-0.3, -0.25) is 4.79 Å². The molecule has 0 aliphatic heterocycles. The Morgan fingerprint density at radius 2 is 2.17 bits per heavy atom. The minimum absolute atomic E-state index is 0.282. The van der Waals surface area contributed by atoms with Crippen molar-refractivity contribution in [2.45, 2.75) is 0 Å². The average molecular weight is 303 g/mol. The first-order valence-corrected chi connectivity index (χ1v) is 5.77. The quantitative estimate of drug-likeness (QED) is 0.923. The summed E-state index contributed by atoms with van der Waals surface area (Å²) in [4.78, 5) is 11.9. The predicted molar refractivity (Wildman–Crippen MR) is 68.8 cm³/mol. The van der Waals surface area contributed by atoms with Crippen LogP contribution in [0.2, 0.25) is 0 Å². The van der Waals surface area contributed by atoms with E-state index in [2.05, 4.69) is 31.4 Å². The molecule has 0 aliphatic rings. The monoisotopic (exact) mass is 302 g/mol. The van der Waals surface area contributed by atoms with Crippen LogP contribution in [0.15, 0.2) is 41.1 Å². The molecule has 0 atom stereocenters. The van der Waals surface area contributed by atoms with Gasteiger partial charge >= 0.3 is 0 Å². The van der Waals surface area contributed by atoms with Crippen LogP contribution in [0.3, 0.4) is 0 Å². The highest BCUT2D eigenvalue weighted by Crippen LogP contribution is 2.23. The first-order chi connectivity index (χ1) is 8.70. The second-order valence-electron chi connectivity index (χ2n) is 3.39. The van der Waals surface area contributed by atoms with Crippen molar-refractivity contribution >= 4 is 27.5 Å². The summed E-state index contributed by atoms with van der Waals surface area (Å²) in [7, 11) is 0. The van der Waals surface area contributed by atoms with Gasteiger partial charge in [0, 0.05) is 4.47 Å². The largest absolute Gasteiger partial charge is 0.321 e. The molecule has 0 fully saturated rings. The summed E-state index contributed by atoms with van der Waals surface area (Å²) in [5.41, 5.74) is 1.53. The van der Waals surface area contributed by atoms with Gasteiger partial charge in [0.2, 0.25) is 0 Å². The molecule has 1 heterocycles. The zero-order valence-electron chi connectivity index (χ0n) is 9.09. The number of benzene rings is 1. The number of nitrogens with one attached hydrogen (secondary N) is 1. The van der Waals surface area contributed by atoms with Crippen LogP contribution < -0.4 is 5.32 Å². The number of hydrogen-bond acceptors (Lipinski definition) is 4. The topological polar surface area (TPSA) is 78.7 Å². The third-order valence-corrected chi connectivity index (χ3v) is 2.85. The lowest BCUT2D eigenvalue weighted by atomic mass is 10.2. The maximum atomic E-state index is 11.9. The number of hydrogen-bond donors (Lipinski definition) is 1. The summed E-state index contributed by atoms with van der Waals surface area (Å²) in [6.45, 7) is 0. The van der Waals surface area contributed by atoms with E-state index in [1.165, 1.54) is 12.4 Å². The normalized spacial score (nSPS) is 9.56. The molecule has 0 saturated carbocycles. The SMILES string of the molecule is N#Cc1ccc(NC(=O)c2ccnnc2)c(Br)c1. The van der Waals surface area contributed by atoms with E-state index in [0.29, 0.717) is 21.3 Å².